The Morgan fingerprint density at radius 2 is 2.10 bits per heavy atom. The van der Waals surface area contributed by atoms with Crippen molar-refractivity contribution in [1.82, 2.24) is 10.3 Å². The van der Waals surface area contributed by atoms with Gasteiger partial charge in [0.25, 0.3) is 5.91 Å². The van der Waals surface area contributed by atoms with Gasteiger partial charge < -0.3 is 5.32 Å². The third-order valence-electron chi connectivity index (χ3n) is 3.05. The van der Waals surface area contributed by atoms with Gasteiger partial charge in [-0.2, -0.15) is 0 Å². The number of nitrogens with one attached hydrogen (secondary N) is 1. The molecule has 1 unspecified atom stereocenters. The van der Waals surface area contributed by atoms with E-state index < -0.39 is 0 Å². The fraction of sp³-hybridized carbons (Fsp3) is 0.200. The quantitative estimate of drug-likeness (QED) is 0.836. The molecule has 1 N–H and O–H groups in total. The molecule has 1 heterocycles. The maximum atomic E-state index is 12.3. The van der Waals surface area contributed by atoms with Crippen LogP contribution in [0.1, 0.15) is 34.5 Å². The minimum absolute atomic E-state index is 0.0984. The molecule has 1 aromatic carbocycles. The summed E-state index contributed by atoms with van der Waals surface area (Å²) in [5.41, 5.74) is 2.58. The first kappa shape index (κ1) is 15.0. The van der Waals surface area contributed by atoms with E-state index in [4.69, 9.17) is 11.6 Å². The summed E-state index contributed by atoms with van der Waals surface area (Å²) in [5.74, 6) is -0.237. The van der Waals surface area contributed by atoms with E-state index in [0.29, 0.717) is 5.56 Å². The van der Waals surface area contributed by atoms with Crippen molar-refractivity contribution in [3.63, 3.8) is 0 Å². The molecule has 5 heteroatoms. The third-order valence-corrected chi connectivity index (χ3v) is 3.79. The van der Waals surface area contributed by atoms with Crippen LogP contribution in [0.4, 0.5) is 0 Å². The van der Waals surface area contributed by atoms with E-state index in [0.717, 1.165) is 15.6 Å². The van der Waals surface area contributed by atoms with E-state index in [-0.39, 0.29) is 17.1 Å². The topological polar surface area (TPSA) is 42.0 Å². The number of hydrogen-bond acceptors (Lipinski definition) is 2. The number of nitrogens with zero attached hydrogens (tertiary/aromatic N) is 1. The molecule has 0 aliphatic carbocycles. The fourth-order valence-corrected chi connectivity index (χ4v) is 2.53. The number of benzene rings is 1. The van der Waals surface area contributed by atoms with Crippen molar-refractivity contribution < 1.29 is 4.79 Å². The minimum Gasteiger partial charge on any atom is -0.345 e. The van der Waals surface area contributed by atoms with Gasteiger partial charge >= 0.3 is 0 Å². The Labute approximate surface area is 131 Å². The molecule has 1 aromatic heterocycles. The Morgan fingerprint density at radius 3 is 2.80 bits per heavy atom. The summed E-state index contributed by atoms with van der Waals surface area (Å²) in [7, 11) is 0. The Hall–Kier alpha value is -1.39. The van der Waals surface area contributed by atoms with Crippen LogP contribution in [0.2, 0.25) is 5.15 Å². The van der Waals surface area contributed by atoms with E-state index >= 15 is 0 Å². The molecule has 0 bridgehead atoms. The first-order valence-electron chi connectivity index (χ1n) is 6.16. The average molecular weight is 354 g/mol. The van der Waals surface area contributed by atoms with Crippen molar-refractivity contribution in [2.75, 3.05) is 0 Å². The Morgan fingerprint density at radius 1 is 1.40 bits per heavy atom. The van der Waals surface area contributed by atoms with Gasteiger partial charge in [-0.15, -0.1) is 0 Å². The summed E-state index contributed by atoms with van der Waals surface area (Å²) in [6.45, 7) is 3.96. The molecule has 0 spiro atoms. The first-order chi connectivity index (χ1) is 9.49. The van der Waals surface area contributed by atoms with Gasteiger partial charge in [0.15, 0.2) is 0 Å². The van der Waals surface area contributed by atoms with Crippen LogP contribution in [0.3, 0.4) is 0 Å². The standard InChI is InChI=1S/C15H14BrClN2O/c1-9-5-3-4-6-12(9)10(2)19-15(20)13-7-11(16)8-18-14(13)17/h3-8,10H,1-2H3,(H,19,20). The van der Waals surface area contributed by atoms with E-state index in [2.05, 4.69) is 26.2 Å². The van der Waals surface area contributed by atoms with E-state index in [1.165, 1.54) is 0 Å². The highest BCUT2D eigenvalue weighted by atomic mass is 79.9. The number of rotatable bonds is 3. The molecule has 0 aliphatic rings. The third kappa shape index (κ3) is 3.38. The van der Waals surface area contributed by atoms with Crippen LogP contribution in [-0.2, 0) is 0 Å². The van der Waals surface area contributed by atoms with Crippen LogP contribution in [-0.4, -0.2) is 10.9 Å². The van der Waals surface area contributed by atoms with Gasteiger partial charge in [0.2, 0.25) is 0 Å². The van der Waals surface area contributed by atoms with Gasteiger partial charge in [-0.25, -0.2) is 4.98 Å². The van der Waals surface area contributed by atoms with E-state index in [9.17, 15) is 4.79 Å². The molecule has 0 saturated heterocycles. The van der Waals surface area contributed by atoms with Gasteiger partial charge in [-0.3, -0.25) is 4.79 Å². The van der Waals surface area contributed by atoms with Crippen LogP contribution in [0.25, 0.3) is 0 Å². The zero-order chi connectivity index (χ0) is 14.7. The molecule has 0 radical (unpaired) electrons. The number of pyridine rings is 1. The van der Waals surface area contributed by atoms with Crippen molar-refractivity contribution in [2.24, 2.45) is 0 Å². The maximum Gasteiger partial charge on any atom is 0.254 e. The summed E-state index contributed by atoms with van der Waals surface area (Å²) >= 11 is 9.25. The van der Waals surface area contributed by atoms with Gasteiger partial charge in [-0.05, 0) is 47.0 Å². The van der Waals surface area contributed by atoms with E-state index in [1.807, 2.05) is 38.1 Å². The molecule has 1 amide bonds. The molecule has 2 rings (SSSR count). The molecule has 0 saturated carbocycles. The summed E-state index contributed by atoms with van der Waals surface area (Å²) in [4.78, 5) is 16.2. The highest BCUT2D eigenvalue weighted by molar-refractivity contribution is 9.10. The van der Waals surface area contributed by atoms with Crippen molar-refractivity contribution >= 4 is 33.4 Å². The molecule has 0 fully saturated rings. The Bertz CT molecular complexity index is 646. The predicted octanol–water partition coefficient (Wildman–Crippen LogP) is 4.30. The highest BCUT2D eigenvalue weighted by Gasteiger charge is 2.16. The summed E-state index contributed by atoms with van der Waals surface area (Å²) in [5, 5.41) is 3.13. The second-order valence-corrected chi connectivity index (χ2v) is 5.82. The average Bonchev–Trinajstić information content (AvgIpc) is 2.41. The molecular formula is C15H14BrClN2O. The number of carbonyl (C=O) groups is 1. The van der Waals surface area contributed by atoms with Gasteiger partial charge in [0.1, 0.15) is 5.15 Å². The lowest BCUT2D eigenvalue weighted by Crippen LogP contribution is -2.27. The number of aromatic nitrogens is 1. The molecule has 20 heavy (non-hydrogen) atoms. The SMILES string of the molecule is Cc1ccccc1C(C)NC(=O)c1cc(Br)cnc1Cl. The second-order valence-electron chi connectivity index (χ2n) is 4.54. The summed E-state index contributed by atoms with van der Waals surface area (Å²) in [6.07, 6.45) is 1.56. The molecular weight excluding hydrogens is 340 g/mol. The minimum atomic E-state index is -0.237. The van der Waals surface area contributed by atoms with Crippen LogP contribution in [0.5, 0.6) is 0 Å². The number of aryl methyl sites for hydroxylation is 1. The van der Waals surface area contributed by atoms with Crippen LogP contribution in [0.15, 0.2) is 41.0 Å². The lowest BCUT2D eigenvalue weighted by Gasteiger charge is -2.17. The van der Waals surface area contributed by atoms with Gasteiger partial charge in [0, 0.05) is 10.7 Å². The maximum absolute atomic E-state index is 12.3. The van der Waals surface area contributed by atoms with Crippen molar-refractivity contribution in [3.8, 4) is 0 Å². The van der Waals surface area contributed by atoms with Crippen molar-refractivity contribution in [3.05, 3.63) is 62.8 Å². The number of amides is 1. The lowest BCUT2D eigenvalue weighted by molar-refractivity contribution is 0.0939. The number of halogens is 2. The fourth-order valence-electron chi connectivity index (χ4n) is 2.01. The van der Waals surface area contributed by atoms with E-state index in [1.54, 1.807) is 12.3 Å². The Balaban J connectivity index is 2.20. The molecule has 3 nitrogen and oxygen atoms in total. The number of hydrogen-bond donors (Lipinski definition) is 1. The van der Waals surface area contributed by atoms with Gasteiger partial charge in [-0.1, -0.05) is 35.9 Å². The predicted molar refractivity (Wildman–Crippen MR) is 84.0 cm³/mol. The summed E-state index contributed by atoms with van der Waals surface area (Å²) < 4.78 is 0.718. The normalized spacial score (nSPS) is 12.0. The monoisotopic (exact) mass is 352 g/mol. The molecule has 1 atom stereocenters. The van der Waals surface area contributed by atoms with Crippen LogP contribution >= 0.6 is 27.5 Å². The Kier molecular flexibility index (Phi) is 4.78. The molecule has 2 aromatic rings. The van der Waals surface area contributed by atoms with Gasteiger partial charge in [0.05, 0.1) is 11.6 Å². The summed E-state index contributed by atoms with van der Waals surface area (Å²) in [6, 6.07) is 9.52. The zero-order valence-electron chi connectivity index (χ0n) is 11.2. The lowest BCUT2D eigenvalue weighted by atomic mass is 10.0. The zero-order valence-corrected chi connectivity index (χ0v) is 13.5. The molecule has 0 aliphatic heterocycles. The highest BCUT2D eigenvalue weighted by Crippen LogP contribution is 2.21. The first-order valence-corrected chi connectivity index (χ1v) is 7.33. The van der Waals surface area contributed by atoms with Crippen molar-refractivity contribution in [1.29, 1.82) is 0 Å². The smallest absolute Gasteiger partial charge is 0.254 e. The van der Waals surface area contributed by atoms with Crippen LogP contribution < -0.4 is 5.32 Å². The molecule has 104 valence electrons. The second kappa shape index (κ2) is 6.37. The van der Waals surface area contributed by atoms with Crippen LogP contribution in [0, 0.1) is 6.92 Å². The largest absolute Gasteiger partial charge is 0.345 e. The number of carbonyl (C=O) groups excluding carboxylic acids is 1. The van der Waals surface area contributed by atoms with Crippen molar-refractivity contribution in [2.45, 2.75) is 19.9 Å².